The lowest BCUT2D eigenvalue weighted by Crippen LogP contribution is -2.54. The highest BCUT2D eigenvalue weighted by Crippen LogP contribution is 2.06. The lowest BCUT2D eigenvalue weighted by Gasteiger charge is -2.21. The fraction of sp³-hybridized carbons (Fsp3) is 0.733. The molecule has 3 atom stereocenters. The topological polar surface area (TPSA) is 134 Å². The molecule has 2 amide bonds. The van der Waals surface area contributed by atoms with E-state index in [1.54, 1.807) is 0 Å². The Morgan fingerprint density at radius 1 is 1.42 bits per heavy atom. The van der Waals surface area contributed by atoms with Crippen LogP contribution in [-0.4, -0.2) is 60.1 Å². The van der Waals surface area contributed by atoms with Crippen molar-refractivity contribution in [1.29, 1.82) is 0 Å². The number of hydrogen-bond acceptors (Lipinski definition) is 6. The Bertz CT molecular complexity index is 509. The maximum Gasteiger partial charge on any atom is 0.328 e. The number of carbonyl (C=O) groups is 4. The third kappa shape index (κ3) is 6.53. The molecule has 0 saturated carbocycles. The molecule has 0 aromatic heterocycles. The highest BCUT2D eigenvalue weighted by Gasteiger charge is 2.30. The normalized spacial score (nSPS) is 19.8. The Labute approximate surface area is 142 Å². The van der Waals surface area contributed by atoms with Crippen LogP contribution in [0.4, 0.5) is 0 Å². The lowest BCUT2D eigenvalue weighted by molar-refractivity contribution is -0.147. The van der Waals surface area contributed by atoms with Crippen molar-refractivity contribution in [3.63, 3.8) is 0 Å². The molecule has 1 heterocycles. The predicted molar refractivity (Wildman–Crippen MR) is 84.1 cm³/mol. The minimum atomic E-state index is -1.53. The van der Waals surface area contributed by atoms with Crippen molar-refractivity contribution in [3.05, 3.63) is 0 Å². The molecule has 4 N–H and O–H groups in total. The Morgan fingerprint density at radius 2 is 2.12 bits per heavy atom. The van der Waals surface area contributed by atoms with Gasteiger partial charge in [-0.3, -0.25) is 14.4 Å². The van der Waals surface area contributed by atoms with Gasteiger partial charge in [-0.1, -0.05) is 6.92 Å². The van der Waals surface area contributed by atoms with E-state index < -0.39 is 48.3 Å². The first-order chi connectivity index (χ1) is 11.8. The van der Waals surface area contributed by atoms with Gasteiger partial charge in [-0.15, -0.1) is 0 Å². The molecule has 0 radical (unpaired) electrons. The van der Waals surface area contributed by atoms with Crippen LogP contribution in [0.3, 0.4) is 0 Å². The number of esters is 1. The third-order valence-corrected chi connectivity index (χ3v) is 3.47. The standard InChI is InChI=1S/C15H25N3O6/c1-3-7-24-15(23)9(2)17-14(22)11(8-12(19)20)18-13(21)10-5-4-6-16-10/h9-11,16H,3-8H2,1-2H3,(H,17,22)(H,18,21)(H,19,20)/t9-,10+,11-/m0/s1/i/hD. The number of rotatable bonds is 9. The molecule has 136 valence electrons. The second kappa shape index (κ2) is 9.86. The fourth-order valence-electron chi connectivity index (χ4n) is 2.20. The van der Waals surface area contributed by atoms with E-state index >= 15 is 0 Å². The van der Waals surface area contributed by atoms with E-state index in [1.165, 1.54) is 6.92 Å². The summed E-state index contributed by atoms with van der Waals surface area (Å²) in [6.45, 7) is 4.04. The summed E-state index contributed by atoms with van der Waals surface area (Å²) in [5, 5.41) is 14.6. The number of ether oxygens (including phenoxy) is 1. The molecule has 1 aliphatic rings. The Kier molecular flexibility index (Phi) is 7.47. The third-order valence-electron chi connectivity index (χ3n) is 3.47. The molecule has 9 heteroatoms. The van der Waals surface area contributed by atoms with Crippen LogP contribution >= 0.6 is 0 Å². The van der Waals surface area contributed by atoms with E-state index in [1.807, 2.05) is 6.92 Å². The van der Waals surface area contributed by atoms with Crippen molar-refractivity contribution in [2.75, 3.05) is 13.2 Å². The zero-order valence-electron chi connectivity index (χ0n) is 14.9. The molecule has 0 bridgehead atoms. The van der Waals surface area contributed by atoms with E-state index in [-0.39, 0.29) is 6.61 Å². The fourth-order valence-corrected chi connectivity index (χ4v) is 2.20. The van der Waals surface area contributed by atoms with Crippen LogP contribution in [0.15, 0.2) is 0 Å². The highest BCUT2D eigenvalue weighted by atomic mass is 16.5. The molecule has 0 aromatic carbocycles. The molecule has 1 saturated heterocycles. The smallest absolute Gasteiger partial charge is 0.328 e. The summed E-state index contributed by atoms with van der Waals surface area (Å²) in [5.41, 5.74) is 0. The van der Waals surface area contributed by atoms with Crippen molar-refractivity contribution in [2.45, 2.75) is 57.7 Å². The average molecular weight is 344 g/mol. The summed E-state index contributed by atoms with van der Waals surface area (Å²) in [6.07, 6.45) is 1.18. The quantitative estimate of drug-likeness (QED) is 0.401. The average Bonchev–Trinajstić information content (AvgIpc) is 3.10. The number of amides is 2. The van der Waals surface area contributed by atoms with Crippen molar-refractivity contribution in [1.82, 2.24) is 15.9 Å². The van der Waals surface area contributed by atoms with Crippen LogP contribution < -0.4 is 15.9 Å². The highest BCUT2D eigenvalue weighted by molar-refractivity contribution is 5.94. The molecule has 0 aliphatic carbocycles. The predicted octanol–water partition coefficient (Wildman–Crippen LogP) is -0.844. The Morgan fingerprint density at radius 3 is 2.67 bits per heavy atom. The van der Waals surface area contributed by atoms with Gasteiger partial charge in [-0.25, -0.2) is 4.79 Å². The second-order valence-electron chi connectivity index (χ2n) is 5.63. The van der Waals surface area contributed by atoms with Crippen LogP contribution in [0.5, 0.6) is 0 Å². The molecule has 9 nitrogen and oxygen atoms in total. The van der Waals surface area contributed by atoms with Gasteiger partial charge in [0.2, 0.25) is 11.8 Å². The molecule has 0 aromatic rings. The molecular weight excluding hydrogens is 318 g/mol. The van der Waals surface area contributed by atoms with Gasteiger partial charge in [0, 0.05) is 0 Å². The van der Waals surface area contributed by atoms with Gasteiger partial charge in [0.25, 0.3) is 0 Å². The van der Waals surface area contributed by atoms with Crippen LogP contribution in [0.1, 0.15) is 39.5 Å². The van der Waals surface area contributed by atoms with Gasteiger partial charge in [-0.2, -0.15) is 0 Å². The first kappa shape index (κ1) is 18.2. The van der Waals surface area contributed by atoms with Crippen molar-refractivity contribution in [2.24, 2.45) is 0 Å². The summed E-state index contributed by atoms with van der Waals surface area (Å²) in [5.74, 6) is -3.54. The summed E-state index contributed by atoms with van der Waals surface area (Å²) in [7, 11) is 0. The maximum absolute atomic E-state index is 12.3. The molecule has 0 spiro atoms. The van der Waals surface area contributed by atoms with Gasteiger partial charge < -0.3 is 25.8 Å². The molecule has 1 fully saturated rings. The van der Waals surface area contributed by atoms with Crippen molar-refractivity contribution in [3.8, 4) is 0 Å². The molecular formula is C15H25N3O6. The van der Waals surface area contributed by atoms with Crippen LogP contribution in [0.2, 0.25) is 1.41 Å². The Balaban J connectivity index is 2.75. The number of carboxylic acid groups (broad SMARTS) is 1. The minimum absolute atomic E-state index is 0.202. The number of aliphatic carboxylic acids is 1. The lowest BCUT2D eigenvalue weighted by atomic mass is 10.1. The first-order valence-corrected chi connectivity index (χ1v) is 8.02. The van der Waals surface area contributed by atoms with E-state index in [0.29, 0.717) is 24.7 Å². The summed E-state index contributed by atoms with van der Waals surface area (Å²) < 4.78 is 12.8. The van der Waals surface area contributed by atoms with E-state index in [9.17, 15) is 19.2 Å². The first-order valence-electron chi connectivity index (χ1n) is 8.46. The van der Waals surface area contributed by atoms with E-state index in [2.05, 4.69) is 10.6 Å². The largest absolute Gasteiger partial charge is 0.481 e. The number of hydrogen-bond donors (Lipinski definition) is 4. The van der Waals surface area contributed by atoms with Crippen LogP contribution in [0.25, 0.3) is 0 Å². The molecule has 1 aliphatic heterocycles. The SMILES string of the molecule is [2H]N(C(=O)[C@H]1CCCN1)[C@@H](CC(=O)O)C(=O)N[C@@H](C)C(=O)OCCC. The van der Waals surface area contributed by atoms with Gasteiger partial charge in [-0.05, 0) is 32.7 Å². The zero-order valence-corrected chi connectivity index (χ0v) is 13.9. The van der Waals surface area contributed by atoms with Crippen LogP contribution in [0, 0.1) is 0 Å². The Hall–Kier alpha value is -2.16. The molecule has 1 rings (SSSR count). The summed E-state index contributed by atoms with van der Waals surface area (Å²) in [4.78, 5) is 47.3. The monoisotopic (exact) mass is 344 g/mol. The molecule has 24 heavy (non-hydrogen) atoms. The molecule has 0 unspecified atom stereocenters. The van der Waals surface area contributed by atoms with Crippen molar-refractivity contribution >= 4 is 23.8 Å². The maximum atomic E-state index is 12.3. The van der Waals surface area contributed by atoms with Gasteiger partial charge in [0.05, 0.1) is 19.1 Å². The van der Waals surface area contributed by atoms with Crippen LogP contribution in [-0.2, 0) is 23.9 Å². The summed E-state index contributed by atoms with van der Waals surface area (Å²) in [6, 6.07) is -3.15. The second-order valence-corrected chi connectivity index (χ2v) is 5.63. The van der Waals surface area contributed by atoms with Gasteiger partial charge >= 0.3 is 11.9 Å². The summed E-state index contributed by atoms with van der Waals surface area (Å²) >= 11 is 0. The minimum Gasteiger partial charge on any atom is -0.481 e. The van der Waals surface area contributed by atoms with Gasteiger partial charge in [0.1, 0.15) is 12.1 Å². The van der Waals surface area contributed by atoms with Crippen molar-refractivity contribution < 1.29 is 30.4 Å². The zero-order chi connectivity index (χ0) is 19.0. The van der Waals surface area contributed by atoms with Gasteiger partial charge in [0.15, 0.2) is 1.41 Å². The number of carbonyl (C=O) groups excluding carboxylic acids is 3. The van der Waals surface area contributed by atoms with E-state index in [0.717, 1.165) is 6.42 Å². The number of carboxylic acids is 1. The number of nitrogens with one attached hydrogen (secondary N) is 3. The van der Waals surface area contributed by atoms with E-state index in [4.69, 9.17) is 11.3 Å².